The predicted molar refractivity (Wildman–Crippen MR) is 87.5 cm³/mol. The normalized spacial score (nSPS) is 15.7. The van der Waals surface area contributed by atoms with Crippen molar-refractivity contribution in [2.24, 2.45) is 11.8 Å². The number of esters is 1. The highest BCUT2D eigenvalue weighted by atomic mass is 16.5. The molecule has 1 rings (SSSR count). The van der Waals surface area contributed by atoms with Gasteiger partial charge in [0.2, 0.25) is 5.91 Å². The number of carbonyl (C=O) groups excluding carboxylic acids is 2. The van der Waals surface area contributed by atoms with Gasteiger partial charge in [-0.25, -0.2) is 0 Å². The molecule has 0 aromatic heterocycles. The number of carbonyl (C=O) groups is 2. The number of rotatable bonds is 11. The molecule has 1 amide bonds. The number of ether oxygens (including phenoxy) is 1. The Hall–Kier alpha value is -1.10. The predicted octanol–water partition coefficient (Wildman–Crippen LogP) is 2.16. The van der Waals surface area contributed by atoms with Crippen LogP contribution in [0, 0.1) is 11.8 Å². The molecule has 5 heteroatoms. The SMILES string of the molecule is CCN(CC)CCCCN(CC(C)C(=O)OC)C(=O)C1CC1. The maximum atomic E-state index is 12.4. The highest BCUT2D eigenvalue weighted by molar-refractivity contribution is 5.82. The Bertz CT molecular complexity index is 352. The van der Waals surface area contributed by atoms with E-state index in [1.54, 1.807) is 0 Å². The minimum absolute atomic E-state index is 0.202. The molecule has 0 heterocycles. The Balaban J connectivity index is 2.41. The molecular weight excluding hydrogens is 280 g/mol. The van der Waals surface area contributed by atoms with Crippen LogP contribution in [-0.4, -0.2) is 61.5 Å². The Labute approximate surface area is 135 Å². The molecule has 128 valence electrons. The monoisotopic (exact) mass is 312 g/mol. The first-order chi connectivity index (χ1) is 10.5. The van der Waals surface area contributed by atoms with Gasteiger partial charge in [0.05, 0.1) is 13.0 Å². The Kier molecular flexibility index (Phi) is 8.46. The van der Waals surface area contributed by atoms with E-state index >= 15 is 0 Å². The van der Waals surface area contributed by atoms with Gasteiger partial charge in [0.15, 0.2) is 0 Å². The van der Waals surface area contributed by atoms with Crippen molar-refractivity contribution in [1.82, 2.24) is 9.80 Å². The molecule has 5 nitrogen and oxygen atoms in total. The average Bonchev–Trinajstić information content (AvgIpc) is 3.37. The number of nitrogens with zero attached hydrogens (tertiary/aromatic N) is 2. The van der Waals surface area contributed by atoms with Crippen molar-refractivity contribution in [2.75, 3.05) is 39.8 Å². The number of amides is 1. The van der Waals surface area contributed by atoms with Gasteiger partial charge in [-0.2, -0.15) is 0 Å². The van der Waals surface area contributed by atoms with Crippen LogP contribution in [0.1, 0.15) is 46.5 Å². The number of hydrogen-bond acceptors (Lipinski definition) is 4. The van der Waals surface area contributed by atoms with Crippen molar-refractivity contribution < 1.29 is 14.3 Å². The third-order valence-electron chi connectivity index (χ3n) is 4.38. The summed E-state index contributed by atoms with van der Waals surface area (Å²) in [6, 6.07) is 0. The second-order valence-corrected chi connectivity index (χ2v) is 6.22. The molecule has 0 aromatic carbocycles. The maximum Gasteiger partial charge on any atom is 0.310 e. The fraction of sp³-hybridized carbons (Fsp3) is 0.882. The first-order valence-corrected chi connectivity index (χ1v) is 8.62. The molecule has 1 aliphatic carbocycles. The zero-order chi connectivity index (χ0) is 16.5. The summed E-state index contributed by atoms with van der Waals surface area (Å²) in [6.45, 7) is 10.6. The van der Waals surface area contributed by atoms with E-state index in [1.165, 1.54) is 7.11 Å². The van der Waals surface area contributed by atoms with Crippen LogP contribution in [0.3, 0.4) is 0 Å². The maximum absolute atomic E-state index is 12.4. The zero-order valence-corrected chi connectivity index (χ0v) is 14.6. The fourth-order valence-electron chi connectivity index (χ4n) is 2.66. The van der Waals surface area contributed by atoms with Crippen LogP contribution in [0.4, 0.5) is 0 Å². The lowest BCUT2D eigenvalue weighted by molar-refractivity contribution is -0.146. The molecule has 0 bridgehead atoms. The molecule has 0 radical (unpaired) electrons. The summed E-state index contributed by atoms with van der Waals surface area (Å²) in [7, 11) is 1.40. The molecule has 1 aliphatic rings. The van der Waals surface area contributed by atoms with Crippen LogP contribution in [-0.2, 0) is 14.3 Å². The van der Waals surface area contributed by atoms with E-state index in [0.29, 0.717) is 6.54 Å². The molecular formula is C17H32N2O3. The minimum atomic E-state index is -0.254. The smallest absolute Gasteiger partial charge is 0.310 e. The van der Waals surface area contributed by atoms with Crippen LogP contribution in [0.2, 0.25) is 0 Å². The van der Waals surface area contributed by atoms with E-state index in [1.807, 2.05) is 11.8 Å². The van der Waals surface area contributed by atoms with Gasteiger partial charge >= 0.3 is 5.97 Å². The molecule has 0 aromatic rings. The van der Waals surface area contributed by atoms with Crippen LogP contribution in [0.15, 0.2) is 0 Å². The van der Waals surface area contributed by atoms with Crippen molar-refractivity contribution in [3.05, 3.63) is 0 Å². The summed E-state index contributed by atoms with van der Waals surface area (Å²) in [5, 5.41) is 0. The molecule has 1 fully saturated rings. The summed E-state index contributed by atoms with van der Waals surface area (Å²) in [5.41, 5.74) is 0. The van der Waals surface area contributed by atoms with Crippen LogP contribution < -0.4 is 0 Å². The fourth-order valence-corrected chi connectivity index (χ4v) is 2.66. The lowest BCUT2D eigenvalue weighted by Crippen LogP contribution is -2.39. The van der Waals surface area contributed by atoms with Gasteiger partial charge in [-0.15, -0.1) is 0 Å². The van der Waals surface area contributed by atoms with Crippen molar-refractivity contribution in [2.45, 2.75) is 46.5 Å². The van der Waals surface area contributed by atoms with E-state index in [-0.39, 0.29) is 23.7 Å². The number of unbranched alkanes of at least 4 members (excludes halogenated alkanes) is 1. The average molecular weight is 312 g/mol. The summed E-state index contributed by atoms with van der Waals surface area (Å²) in [4.78, 5) is 28.2. The number of methoxy groups -OCH3 is 1. The third kappa shape index (κ3) is 6.34. The van der Waals surface area contributed by atoms with Crippen molar-refractivity contribution in [3.8, 4) is 0 Å². The van der Waals surface area contributed by atoms with Gasteiger partial charge in [0.25, 0.3) is 0 Å². The molecule has 1 atom stereocenters. The molecule has 22 heavy (non-hydrogen) atoms. The largest absolute Gasteiger partial charge is 0.469 e. The van der Waals surface area contributed by atoms with Gasteiger partial charge in [-0.05, 0) is 45.3 Å². The van der Waals surface area contributed by atoms with Gasteiger partial charge in [-0.1, -0.05) is 20.8 Å². The van der Waals surface area contributed by atoms with E-state index in [2.05, 4.69) is 18.7 Å². The Morgan fingerprint density at radius 1 is 1.14 bits per heavy atom. The Morgan fingerprint density at radius 3 is 2.23 bits per heavy atom. The van der Waals surface area contributed by atoms with Crippen molar-refractivity contribution >= 4 is 11.9 Å². The van der Waals surface area contributed by atoms with Gasteiger partial charge in [0.1, 0.15) is 0 Å². The quantitative estimate of drug-likeness (QED) is 0.433. The molecule has 1 saturated carbocycles. The highest BCUT2D eigenvalue weighted by Gasteiger charge is 2.34. The van der Waals surface area contributed by atoms with Crippen molar-refractivity contribution in [1.29, 1.82) is 0 Å². The first-order valence-electron chi connectivity index (χ1n) is 8.62. The van der Waals surface area contributed by atoms with Gasteiger partial charge < -0.3 is 14.5 Å². The third-order valence-corrected chi connectivity index (χ3v) is 4.38. The summed E-state index contributed by atoms with van der Waals surface area (Å²) >= 11 is 0. The van der Waals surface area contributed by atoms with E-state index in [0.717, 1.165) is 51.9 Å². The summed E-state index contributed by atoms with van der Waals surface area (Å²) < 4.78 is 4.77. The lowest BCUT2D eigenvalue weighted by Gasteiger charge is -2.26. The second kappa shape index (κ2) is 9.82. The highest BCUT2D eigenvalue weighted by Crippen LogP contribution is 2.31. The lowest BCUT2D eigenvalue weighted by atomic mass is 10.1. The van der Waals surface area contributed by atoms with Crippen LogP contribution in [0.5, 0.6) is 0 Å². The zero-order valence-electron chi connectivity index (χ0n) is 14.6. The summed E-state index contributed by atoms with van der Waals surface area (Å²) in [6.07, 6.45) is 4.08. The molecule has 1 unspecified atom stereocenters. The topological polar surface area (TPSA) is 49.9 Å². The van der Waals surface area contributed by atoms with Crippen LogP contribution in [0.25, 0.3) is 0 Å². The van der Waals surface area contributed by atoms with E-state index in [9.17, 15) is 9.59 Å². The first kappa shape index (κ1) is 18.9. The molecule has 0 saturated heterocycles. The van der Waals surface area contributed by atoms with E-state index in [4.69, 9.17) is 4.74 Å². The minimum Gasteiger partial charge on any atom is -0.469 e. The second-order valence-electron chi connectivity index (χ2n) is 6.22. The van der Waals surface area contributed by atoms with Crippen molar-refractivity contribution in [3.63, 3.8) is 0 Å². The number of hydrogen-bond donors (Lipinski definition) is 0. The molecule has 0 N–H and O–H groups in total. The van der Waals surface area contributed by atoms with Crippen LogP contribution >= 0.6 is 0 Å². The van der Waals surface area contributed by atoms with Gasteiger partial charge in [-0.3, -0.25) is 9.59 Å². The Morgan fingerprint density at radius 2 is 1.73 bits per heavy atom. The molecule has 0 spiro atoms. The molecule has 0 aliphatic heterocycles. The summed E-state index contributed by atoms with van der Waals surface area (Å²) in [5.74, 6) is -0.0709. The van der Waals surface area contributed by atoms with E-state index < -0.39 is 0 Å². The standard InChI is InChI=1S/C17H32N2O3/c1-5-18(6-2)11-7-8-12-19(16(20)15-9-10-15)13-14(3)17(21)22-4/h14-15H,5-13H2,1-4H3. The van der Waals surface area contributed by atoms with Gasteiger partial charge in [0, 0.05) is 19.0 Å².